The second-order valence-corrected chi connectivity index (χ2v) is 5.69. The number of hydrogen-bond acceptors (Lipinski definition) is 3. The highest BCUT2D eigenvalue weighted by Gasteiger charge is 2.08. The second kappa shape index (κ2) is 6.86. The molecule has 0 saturated carbocycles. The third kappa shape index (κ3) is 3.58. The predicted octanol–water partition coefficient (Wildman–Crippen LogP) is 2.53. The van der Waals surface area contributed by atoms with Crippen LogP contribution in [0.15, 0.2) is 24.5 Å². The third-order valence-electron chi connectivity index (χ3n) is 4.09. The van der Waals surface area contributed by atoms with Crippen LogP contribution in [0.25, 0.3) is 11.0 Å². The monoisotopic (exact) mass is 272 g/mol. The van der Waals surface area contributed by atoms with E-state index in [1.807, 2.05) is 0 Å². The number of benzene rings is 1. The van der Waals surface area contributed by atoms with Crippen LogP contribution >= 0.6 is 0 Å². The summed E-state index contributed by atoms with van der Waals surface area (Å²) in [5.74, 6) is 0. The Morgan fingerprint density at radius 2 is 2.10 bits per heavy atom. The molecule has 0 radical (unpaired) electrons. The van der Waals surface area contributed by atoms with Crippen molar-refractivity contribution in [3.63, 3.8) is 0 Å². The zero-order valence-electron chi connectivity index (χ0n) is 12.1. The van der Waals surface area contributed by atoms with Crippen LogP contribution in [0.4, 0.5) is 0 Å². The van der Waals surface area contributed by atoms with Crippen molar-refractivity contribution >= 4 is 11.0 Å². The van der Waals surface area contributed by atoms with E-state index in [1.54, 1.807) is 6.33 Å². The number of likely N-dealkylation sites (tertiary alicyclic amines) is 1. The van der Waals surface area contributed by atoms with E-state index >= 15 is 0 Å². The average Bonchev–Trinajstić information content (AvgIpc) is 2.95. The SMILES string of the molecule is c1nc2ccc(CNCCCN3CCCCC3)cc2[nH]1. The van der Waals surface area contributed by atoms with Crippen molar-refractivity contribution in [1.82, 2.24) is 20.2 Å². The van der Waals surface area contributed by atoms with Gasteiger partial charge in [-0.2, -0.15) is 0 Å². The smallest absolute Gasteiger partial charge is 0.0931 e. The predicted molar refractivity (Wildman–Crippen MR) is 82.7 cm³/mol. The summed E-state index contributed by atoms with van der Waals surface area (Å²) in [6, 6.07) is 6.41. The molecule has 0 unspecified atom stereocenters. The van der Waals surface area contributed by atoms with Crippen molar-refractivity contribution in [1.29, 1.82) is 0 Å². The van der Waals surface area contributed by atoms with Crippen LogP contribution in [0.5, 0.6) is 0 Å². The van der Waals surface area contributed by atoms with Crippen LogP contribution in [0.1, 0.15) is 31.2 Å². The molecule has 0 aliphatic carbocycles. The fourth-order valence-electron chi connectivity index (χ4n) is 2.94. The number of aromatic nitrogens is 2. The summed E-state index contributed by atoms with van der Waals surface area (Å²) in [6.07, 6.45) is 7.19. The fraction of sp³-hybridized carbons (Fsp3) is 0.562. The largest absolute Gasteiger partial charge is 0.345 e. The van der Waals surface area contributed by atoms with Gasteiger partial charge < -0.3 is 15.2 Å². The van der Waals surface area contributed by atoms with Gasteiger partial charge in [-0.25, -0.2) is 4.98 Å². The van der Waals surface area contributed by atoms with Crippen LogP contribution in [-0.4, -0.2) is 41.0 Å². The van der Waals surface area contributed by atoms with Crippen molar-refractivity contribution in [2.24, 2.45) is 0 Å². The molecule has 0 atom stereocenters. The third-order valence-corrected chi connectivity index (χ3v) is 4.09. The molecule has 1 aliphatic heterocycles. The number of piperidine rings is 1. The summed E-state index contributed by atoms with van der Waals surface area (Å²) >= 11 is 0. The van der Waals surface area contributed by atoms with Crippen LogP contribution < -0.4 is 5.32 Å². The maximum absolute atomic E-state index is 4.24. The van der Waals surface area contributed by atoms with Gasteiger partial charge >= 0.3 is 0 Å². The topological polar surface area (TPSA) is 44.0 Å². The molecule has 1 saturated heterocycles. The lowest BCUT2D eigenvalue weighted by Crippen LogP contribution is -2.32. The minimum Gasteiger partial charge on any atom is -0.345 e. The first-order valence-corrected chi connectivity index (χ1v) is 7.77. The Balaban J connectivity index is 1.36. The first-order valence-electron chi connectivity index (χ1n) is 7.77. The Bertz CT molecular complexity index is 528. The molecular weight excluding hydrogens is 248 g/mol. The Kier molecular flexibility index (Phi) is 4.66. The minimum atomic E-state index is 0.939. The van der Waals surface area contributed by atoms with Crippen molar-refractivity contribution in [3.05, 3.63) is 30.1 Å². The van der Waals surface area contributed by atoms with Gasteiger partial charge in [-0.1, -0.05) is 12.5 Å². The van der Waals surface area contributed by atoms with E-state index in [-0.39, 0.29) is 0 Å². The number of H-pyrrole nitrogens is 1. The Labute approximate surface area is 120 Å². The van der Waals surface area contributed by atoms with Crippen molar-refractivity contribution in [3.8, 4) is 0 Å². The lowest BCUT2D eigenvalue weighted by molar-refractivity contribution is 0.225. The average molecular weight is 272 g/mol. The zero-order chi connectivity index (χ0) is 13.6. The van der Waals surface area contributed by atoms with Crippen molar-refractivity contribution in [2.45, 2.75) is 32.2 Å². The van der Waals surface area contributed by atoms with Gasteiger partial charge in [0.15, 0.2) is 0 Å². The molecule has 4 heteroatoms. The number of fused-ring (bicyclic) bond motifs is 1. The number of nitrogens with zero attached hydrogens (tertiary/aromatic N) is 2. The maximum atomic E-state index is 4.24. The van der Waals surface area contributed by atoms with E-state index in [2.05, 4.69) is 38.4 Å². The molecule has 3 rings (SSSR count). The number of hydrogen-bond donors (Lipinski definition) is 2. The van der Waals surface area contributed by atoms with Gasteiger partial charge in [-0.05, 0) is 63.1 Å². The Hall–Kier alpha value is -1.39. The van der Waals surface area contributed by atoms with E-state index in [9.17, 15) is 0 Å². The summed E-state index contributed by atoms with van der Waals surface area (Å²) in [4.78, 5) is 10.00. The molecule has 0 spiro atoms. The highest BCUT2D eigenvalue weighted by atomic mass is 15.1. The maximum Gasteiger partial charge on any atom is 0.0931 e. The molecule has 2 N–H and O–H groups in total. The molecule has 0 bridgehead atoms. The molecule has 4 nitrogen and oxygen atoms in total. The highest BCUT2D eigenvalue weighted by Crippen LogP contribution is 2.11. The number of rotatable bonds is 6. The normalized spacial score (nSPS) is 16.8. The van der Waals surface area contributed by atoms with Gasteiger partial charge in [0, 0.05) is 6.54 Å². The Morgan fingerprint density at radius 3 is 3.00 bits per heavy atom. The molecule has 108 valence electrons. The van der Waals surface area contributed by atoms with Gasteiger partial charge in [-0.3, -0.25) is 0 Å². The van der Waals surface area contributed by atoms with Crippen LogP contribution in [0.3, 0.4) is 0 Å². The summed E-state index contributed by atoms with van der Waals surface area (Å²) < 4.78 is 0. The van der Waals surface area contributed by atoms with Gasteiger partial charge in [0.25, 0.3) is 0 Å². The van der Waals surface area contributed by atoms with Crippen LogP contribution in [-0.2, 0) is 6.54 Å². The molecular formula is C16H24N4. The Morgan fingerprint density at radius 1 is 1.20 bits per heavy atom. The summed E-state index contributed by atoms with van der Waals surface area (Å²) in [7, 11) is 0. The summed E-state index contributed by atoms with van der Waals surface area (Å²) in [6.45, 7) is 5.88. The summed E-state index contributed by atoms with van der Waals surface area (Å²) in [5, 5.41) is 3.54. The second-order valence-electron chi connectivity index (χ2n) is 5.69. The number of aromatic amines is 1. The molecule has 2 aromatic rings. The van der Waals surface area contributed by atoms with E-state index < -0.39 is 0 Å². The van der Waals surface area contributed by atoms with E-state index in [0.717, 1.165) is 24.1 Å². The zero-order valence-corrected chi connectivity index (χ0v) is 12.1. The van der Waals surface area contributed by atoms with E-state index in [0.29, 0.717) is 0 Å². The van der Waals surface area contributed by atoms with Crippen LogP contribution in [0.2, 0.25) is 0 Å². The molecule has 1 aromatic heterocycles. The molecule has 2 heterocycles. The molecule has 1 fully saturated rings. The highest BCUT2D eigenvalue weighted by molar-refractivity contribution is 5.74. The number of imidazole rings is 1. The first-order chi connectivity index (χ1) is 9.92. The van der Waals surface area contributed by atoms with E-state index in [4.69, 9.17) is 0 Å². The van der Waals surface area contributed by atoms with Gasteiger partial charge in [0.2, 0.25) is 0 Å². The van der Waals surface area contributed by atoms with Gasteiger partial charge in [0.1, 0.15) is 0 Å². The van der Waals surface area contributed by atoms with Crippen LogP contribution in [0, 0.1) is 0 Å². The van der Waals surface area contributed by atoms with Gasteiger partial charge in [0.05, 0.1) is 17.4 Å². The standard InChI is InChI=1S/C16H24N4/c1-2-8-20(9-3-1)10-4-7-17-12-14-5-6-15-16(11-14)19-13-18-15/h5-6,11,13,17H,1-4,7-10,12H2,(H,18,19). The lowest BCUT2D eigenvalue weighted by Gasteiger charge is -2.26. The molecule has 20 heavy (non-hydrogen) atoms. The van der Waals surface area contributed by atoms with Gasteiger partial charge in [-0.15, -0.1) is 0 Å². The molecule has 0 amide bonds. The first kappa shape index (κ1) is 13.6. The van der Waals surface area contributed by atoms with Crippen molar-refractivity contribution in [2.75, 3.05) is 26.2 Å². The molecule has 1 aliphatic rings. The molecule has 1 aromatic carbocycles. The summed E-state index contributed by atoms with van der Waals surface area (Å²) in [5.41, 5.74) is 3.48. The minimum absolute atomic E-state index is 0.939. The lowest BCUT2D eigenvalue weighted by atomic mass is 10.1. The quantitative estimate of drug-likeness (QED) is 0.794. The fourth-order valence-corrected chi connectivity index (χ4v) is 2.94. The number of nitrogens with one attached hydrogen (secondary N) is 2. The van der Waals surface area contributed by atoms with Crippen molar-refractivity contribution < 1.29 is 0 Å². The van der Waals surface area contributed by atoms with E-state index in [1.165, 1.54) is 50.9 Å².